The third-order valence-corrected chi connectivity index (χ3v) is 4.83. The van der Waals surface area contributed by atoms with E-state index in [0.29, 0.717) is 13.0 Å². The summed E-state index contributed by atoms with van der Waals surface area (Å²) >= 11 is 0. The van der Waals surface area contributed by atoms with Gasteiger partial charge in [0, 0.05) is 32.2 Å². The Kier molecular flexibility index (Phi) is 6.77. The number of aliphatic hydroxyl groups is 1. The second kappa shape index (κ2) is 8.59. The molecule has 0 aromatic carbocycles. The van der Waals surface area contributed by atoms with E-state index >= 15 is 0 Å². The Balaban J connectivity index is 1.57. The molecule has 1 saturated carbocycles. The van der Waals surface area contributed by atoms with E-state index in [0.717, 1.165) is 31.8 Å². The van der Waals surface area contributed by atoms with E-state index in [2.05, 4.69) is 15.5 Å². The molecular formula is C16H31N3O2. The highest BCUT2D eigenvalue weighted by atomic mass is 16.3. The van der Waals surface area contributed by atoms with Crippen LogP contribution in [0.25, 0.3) is 0 Å². The van der Waals surface area contributed by atoms with Gasteiger partial charge >= 0.3 is 6.03 Å². The molecule has 1 heterocycles. The number of hydrogen-bond acceptors (Lipinski definition) is 3. The molecule has 0 bridgehead atoms. The van der Waals surface area contributed by atoms with Crippen LogP contribution in [0.5, 0.6) is 0 Å². The van der Waals surface area contributed by atoms with Gasteiger partial charge in [0.05, 0.1) is 6.10 Å². The molecule has 2 amide bonds. The highest BCUT2D eigenvalue weighted by Crippen LogP contribution is 2.26. The van der Waals surface area contributed by atoms with E-state index < -0.39 is 0 Å². The predicted molar refractivity (Wildman–Crippen MR) is 84.3 cm³/mol. The van der Waals surface area contributed by atoms with Gasteiger partial charge in [-0.3, -0.25) is 0 Å². The maximum Gasteiger partial charge on any atom is 0.315 e. The summed E-state index contributed by atoms with van der Waals surface area (Å²) in [6.07, 6.45) is 7.67. The first kappa shape index (κ1) is 16.6. The van der Waals surface area contributed by atoms with Crippen LogP contribution in [-0.4, -0.2) is 54.4 Å². The lowest BCUT2D eigenvalue weighted by atomic mass is 10.1. The van der Waals surface area contributed by atoms with E-state index in [1.807, 2.05) is 6.92 Å². The molecule has 0 radical (unpaired) electrons. The maximum absolute atomic E-state index is 11.8. The molecular weight excluding hydrogens is 266 g/mol. The molecule has 2 aliphatic rings. The van der Waals surface area contributed by atoms with E-state index in [9.17, 15) is 9.90 Å². The van der Waals surface area contributed by atoms with Crippen molar-refractivity contribution in [2.24, 2.45) is 5.92 Å². The highest BCUT2D eigenvalue weighted by Gasteiger charge is 2.26. The standard InChI is InChI=1S/C16H31N3O2/c1-2-15(20)7-9-17-16(21)18-14-8-10-19(12-14)11-13-5-3-4-6-13/h13-15,20H,2-12H2,1H3,(H2,17,18,21). The molecule has 122 valence electrons. The summed E-state index contributed by atoms with van der Waals surface area (Å²) in [4.78, 5) is 14.3. The second-order valence-corrected chi connectivity index (χ2v) is 6.65. The molecule has 5 nitrogen and oxygen atoms in total. The third-order valence-electron chi connectivity index (χ3n) is 4.83. The Hall–Kier alpha value is -0.810. The summed E-state index contributed by atoms with van der Waals surface area (Å²) in [6.45, 7) is 5.79. The number of aliphatic hydroxyl groups excluding tert-OH is 1. The van der Waals surface area contributed by atoms with Crippen molar-refractivity contribution in [3.05, 3.63) is 0 Å². The molecule has 0 aromatic rings. The summed E-state index contributed by atoms with van der Waals surface area (Å²) in [5.41, 5.74) is 0. The lowest BCUT2D eigenvalue weighted by molar-refractivity contribution is 0.160. The number of hydrogen-bond donors (Lipinski definition) is 3. The van der Waals surface area contributed by atoms with E-state index in [1.54, 1.807) is 0 Å². The Labute approximate surface area is 128 Å². The van der Waals surface area contributed by atoms with Gasteiger partial charge in [-0.15, -0.1) is 0 Å². The number of nitrogens with zero attached hydrogens (tertiary/aromatic N) is 1. The topological polar surface area (TPSA) is 64.6 Å². The van der Waals surface area contributed by atoms with E-state index in [4.69, 9.17) is 0 Å². The maximum atomic E-state index is 11.8. The summed E-state index contributed by atoms with van der Waals surface area (Å²) in [5.74, 6) is 0.883. The van der Waals surface area contributed by atoms with Crippen molar-refractivity contribution in [1.29, 1.82) is 0 Å². The summed E-state index contributed by atoms with van der Waals surface area (Å²) in [7, 11) is 0. The van der Waals surface area contributed by atoms with Crippen molar-refractivity contribution in [3.63, 3.8) is 0 Å². The fraction of sp³-hybridized carbons (Fsp3) is 0.938. The van der Waals surface area contributed by atoms with Crippen LogP contribution in [0.4, 0.5) is 4.79 Å². The molecule has 2 fully saturated rings. The number of carbonyl (C=O) groups excluding carboxylic acids is 1. The van der Waals surface area contributed by atoms with Gasteiger partial charge in [-0.1, -0.05) is 19.8 Å². The van der Waals surface area contributed by atoms with Crippen molar-refractivity contribution < 1.29 is 9.90 Å². The highest BCUT2D eigenvalue weighted by molar-refractivity contribution is 5.74. The van der Waals surface area contributed by atoms with Crippen molar-refractivity contribution in [1.82, 2.24) is 15.5 Å². The zero-order valence-electron chi connectivity index (χ0n) is 13.3. The predicted octanol–water partition coefficient (Wildman–Crippen LogP) is 1.71. The van der Waals surface area contributed by atoms with Crippen LogP contribution < -0.4 is 10.6 Å². The first-order valence-electron chi connectivity index (χ1n) is 8.62. The number of likely N-dealkylation sites (tertiary alicyclic amines) is 1. The normalized spacial score (nSPS) is 25.1. The SMILES string of the molecule is CCC(O)CCNC(=O)NC1CCN(CC2CCCC2)C1. The molecule has 2 rings (SSSR count). The number of rotatable bonds is 7. The van der Waals surface area contributed by atoms with E-state index in [-0.39, 0.29) is 18.2 Å². The second-order valence-electron chi connectivity index (χ2n) is 6.65. The van der Waals surface area contributed by atoms with Crippen LogP contribution in [0, 0.1) is 5.92 Å². The van der Waals surface area contributed by atoms with Crippen LogP contribution in [0.3, 0.4) is 0 Å². The van der Waals surface area contributed by atoms with Crippen molar-refractivity contribution in [2.45, 2.75) is 64.0 Å². The van der Waals surface area contributed by atoms with Crippen LogP contribution in [-0.2, 0) is 0 Å². The van der Waals surface area contributed by atoms with Gasteiger partial charge in [0.25, 0.3) is 0 Å². The number of amides is 2. The lowest BCUT2D eigenvalue weighted by Gasteiger charge is -2.20. The van der Waals surface area contributed by atoms with Gasteiger partial charge in [0.15, 0.2) is 0 Å². The van der Waals surface area contributed by atoms with Crippen LogP contribution in [0.15, 0.2) is 0 Å². The number of carbonyl (C=O) groups is 1. The van der Waals surface area contributed by atoms with Crippen LogP contribution in [0.2, 0.25) is 0 Å². The molecule has 3 N–H and O–H groups in total. The molecule has 5 heteroatoms. The van der Waals surface area contributed by atoms with Crippen molar-refractivity contribution in [3.8, 4) is 0 Å². The minimum atomic E-state index is -0.307. The summed E-state index contributed by atoms with van der Waals surface area (Å²) in [5, 5.41) is 15.3. The fourth-order valence-corrected chi connectivity index (χ4v) is 3.47. The van der Waals surface area contributed by atoms with Gasteiger partial charge in [-0.2, -0.15) is 0 Å². The molecule has 1 aliphatic carbocycles. The molecule has 21 heavy (non-hydrogen) atoms. The zero-order valence-corrected chi connectivity index (χ0v) is 13.3. The van der Waals surface area contributed by atoms with Gasteiger partial charge in [-0.05, 0) is 38.0 Å². The van der Waals surface area contributed by atoms with Crippen molar-refractivity contribution >= 4 is 6.03 Å². The molecule has 1 aliphatic heterocycles. The van der Waals surface area contributed by atoms with Gasteiger partial charge in [0.2, 0.25) is 0 Å². The largest absolute Gasteiger partial charge is 0.393 e. The Bertz CT molecular complexity index is 319. The Morgan fingerprint density at radius 3 is 2.81 bits per heavy atom. The molecule has 0 aromatic heterocycles. The average molecular weight is 297 g/mol. The Morgan fingerprint density at radius 1 is 1.33 bits per heavy atom. The first-order valence-corrected chi connectivity index (χ1v) is 8.62. The quantitative estimate of drug-likeness (QED) is 0.670. The zero-order chi connectivity index (χ0) is 15.1. The smallest absolute Gasteiger partial charge is 0.315 e. The summed E-state index contributed by atoms with van der Waals surface area (Å²) in [6, 6.07) is 0.188. The van der Waals surface area contributed by atoms with Gasteiger partial charge in [0.1, 0.15) is 0 Å². The third kappa shape index (κ3) is 5.83. The van der Waals surface area contributed by atoms with E-state index in [1.165, 1.54) is 32.2 Å². The average Bonchev–Trinajstić information content (AvgIpc) is 3.11. The molecule has 2 unspecified atom stereocenters. The van der Waals surface area contributed by atoms with Crippen LogP contribution in [0.1, 0.15) is 51.9 Å². The minimum absolute atomic E-state index is 0.0916. The number of urea groups is 1. The number of nitrogens with one attached hydrogen (secondary N) is 2. The van der Waals surface area contributed by atoms with Gasteiger partial charge < -0.3 is 20.6 Å². The minimum Gasteiger partial charge on any atom is -0.393 e. The molecule has 2 atom stereocenters. The summed E-state index contributed by atoms with van der Waals surface area (Å²) < 4.78 is 0. The van der Waals surface area contributed by atoms with Crippen LogP contribution >= 0.6 is 0 Å². The monoisotopic (exact) mass is 297 g/mol. The molecule has 0 spiro atoms. The van der Waals surface area contributed by atoms with Crippen molar-refractivity contribution in [2.75, 3.05) is 26.2 Å². The van der Waals surface area contributed by atoms with Gasteiger partial charge in [-0.25, -0.2) is 4.79 Å². The first-order chi connectivity index (χ1) is 10.2. The Morgan fingerprint density at radius 2 is 2.10 bits per heavy atom. The molecule has 1 saturated heterocycles. The fourth-order valence-electron chi connectivity index (χ4n) is 3.47. The lowest BCUT2D eigenvalue weighted by Crippen LogP contribution is -2.44.